The Balaban J connectivity index is 1.47. The molecule has 0 aromatic heterocycles. The molecule has 4 heteroatoms. The second-order valence-corrected chi connectivity index (χ2v) is 8.74. The molecular formula is C21H28N2O2. The number of rotatable bonds is 4. The first-order valence-corrected chi connectivity index (χ1v) is 9.62. The molecule has 0 radical (unpaired) electrons. The molecule has 4 bridgehead atoms. The summed E-state index contributed by atoms with van der Waals surface area (Å²) in [6.07, 6.45) is 8.10. The maximum absolute atomic E-state index is 12.8. The normalized spacial score (nSPS) is 33.8. The first-order valence-electron chi connectivity index (χ1n) is 9.62. The minimum atomic E-state index is -0.125. The number of carbonyl (C=O) groups is 2. The van der Waals surface area contributed by atoms with Crippen molar-refractivity contribution in [1.82, 2.24) is 5.32 Å². The van der Waals surface area contributed by atoms with Crippen LogP contribution in [0.1, 0.15) is 62.7 Å². The minimum absolute atomic E-state index is 0.0320. The van der Waals surface area contributed by atoms with Crippen molar-refractivity contribution in [1.29, 1.82) is 0 Å². The van der Waals surface area contributed by atoms with E-state index < -0.39 is 0 Å². The minimum Gasteiger partial charge on any atom is -0.349 e. The molecule has 0 saturated heterocycles. The number of nitrogens with one attached hydrogen (secondary N) is 2. The summed E-state index contributed by atoms with van der Waals surface area (Å²) in [7, 11) is 0. The van der Waals surface area contributed by atoms with Crippen molar-refractivity contribution < 1.29 is 9.59 Å². The second kappa shape index (κ2) is 6.15. The Morgan fingerprint density at radius 2 is 1.68 bits per heavy atom. The van der Waals surface area contributed by atoms with Crippen molar-refractivity contribution in [2.24, 2.45) is 23.2 Å². The fraction of sp³-hybridized carbons (Fsp3) is 0.619. The van der Waals surface area contributed by atoms with Gasteiger partial charge in [-0.2, -0.15) is 0 Å². The van der Waals surface area contributed by atoms with Crippen LogP contribution >= 0.6 is 0 Å². The van der Waals surface area contributed by atoms with Gasteiger partial charge in [-0.05, 0) is 86.8 Å². The smallest absolute Gasteiger partial charge is 0.251 e. The molecule has 1 aromatic carbocycles. The predicted octanol–water partition coefficient (Wildman–Crippen LogP) is 3.98. The molecule has 1 unspecified atom stereocenters. The monoisotopic (exact) mass is 340 g/mol. The average Bonchev–Trinajstić information content (AvgIpc) is 2.53. The highest BCUT2D eigenvalue weighted by atomic mass is 16.2. The lowest BCUT2D eigenvalue weighted by Crippen LogP contribution is -2.55. The number of benzene rings is 1. The third-order valence-electron chi connectivity index (χ3n) is 6.80. The summed E-state index contributed by atoms with van der Waals surface area (Å²) in [5.74, 6) is 2.49. The summed E-state index contributed by atoms with van der Waals surface area (Å²) in [5.41, 5.74) is 1.59. The first-order chi connectivity index (χ1) is 11.9. The van der Waals surface area contributed by atoms with Gasteiger partial charge in [0.15, 0.2) is 0 Å². The van der Waals surface area contributed by atoms with Crippen molar-refractivity contribution in [3.8, 4) is 0 Å². The van der Waals surface area contributed by atoms with E-state index in [0.717, 1.165) is 17.8 Å². The zero-order valence-corrected chi connectivity index (χ0v) is 15.2. The van der Waals surface area contributed by atoms with Gasteiger partial charge >= 0.3 is 0 Å². The summed E-state index contributed by atoms with van der Waals surface area (Å²) in [5, 5.41) is 6.03. The van der Waals surface area contributed by atoms with Gasteiger partial charge in [-0.25, -0.2) is 0 Å². The molecule has 4 aliphatic carbocycles. The highest BCUT2D eigenvalue weighted by Gasteiger charge is 2.53. The molecule has 0 aliphatic heterocycles. The van der Waals surface area contributed by atoms with Crippen molar-refractivity contribution in [3.63, 3.8) is 0 Å². The average molecular weight is 340 g/mol. The van der Waals surface area contributed by atoms with E-state index in [4.69, 9.17) is 0 Å². The lowest BCUT2D eigenvalue weighted by Gasteiger charge is -2.59. The molecular weight excluding hydrogens is 312 g/mol. The van der Waals surface area contributed by atoms with Crippen LogP contribution in [0, 0.1) is 23.2 Å². The molecule has 25 heavy (non-hydrogen) atoms. The topological polar surface area (TPSA) is 58.2 Å². The summed E-state index contributed by atoms with van der Waals surface area (Å²) in [6.45, 7) is 3.67. The number of hydrogen-bond donors (Lipinski definition) is 2. The van der Waals surface area contributed by atoms with E-state index >= 15 is 0 Å². The summed E-state index contributed by atoms with van der Waals surface area (Å²) >= 11 is 0. The van der Waals surface area contributed by atoms with Crippen LogP contribution in [0.2, 0.25) is 0 Å². The fourth-order valence-electron chi connectivity index (χ4n) is 6.08. The van der Waals surface area contributed by atoms with E-state index in [-0.39, 0.29) is 17.9 Å². The van der Waals surface area contributed by atoms with Crippen LogP contribution in [0.25, 0.3) is 0 Å². The SMILES string of the molecule is CC(=O)Nc1cccc(C(=O)NC(C)C23CC4CC(CC(C4)C2)C3)c1. The molecule has 1 atom stereocenters. The molecule has 4 aliphatic rings. The maximum atomic E-state index is 12.8. The lowest BCUT2D eigenvalue weighted by atomic mass is 9.48. The Labute approximate surface area is 149 Å². The number of anilines is 1. The number of carbonyl (C=O) groups excluding carboxylic acids is 2. The first kappa shape index (κ1) is 16.6. The molecule has 4 nitrogen and oxygen atoms in total. The number of amides is 2. The molecule has 2 N–H and O–H groups in total. The largest absolute Gasteiger partial charge is 0.349 e. The Bertz CT molecular complexity index is 662. The molecule has 4 saturated carbocycles. The van der Waals surface area contributed by atoms with Gasteiger partial charge in [0.1, 0.15) is 0 Å². The fourth-order valence-corrected chi connectivity index (χ4v) is 6.08. The third-order valence-corrected chi connectivity index (χ3v) is 6.80. The van der Waals surface area contributed by atoms with Crippen LogP contribution in [0.3, 0.4) is 0 Å². The molecule has 134 valence electrons. The van der Waals surface area contributed by atoms with E-state index in [0.29, 0.717) is 16.7 Å². The Hall–Kier alpha value is -1.84. The van der Waals surface area contributed by atoms with E-state index in [9.17, 15) is 9.59 Å². The van der Waals surface area contributed by atoms with Gasteiger partial charge in [-0.15, -0.1) is 0 Å². The van der Waals surface area contributed by atoms with Crippen LogP contribution in [0.15, 0.2) is 24.3 Å². The molecule has 0 heterocycles. The Morgan fingerprint density at radius 1 is 1.08 bits per heavy atom. The van der Waals surface area contributed by atoms with Gasteiger partial charge in [0.25, 0.3) is 5.91 Å². The highest BCUT2D eigenvalue weighted by molar-refractivity contribution is 5.97. The van der Waals surface area contributed by atoms with E-state index in [2.05, 4.69) is 17.6 Å². The van der Waals surface area contributed by atoms with Crippen molar-refractivity contribution in [2.75, 3.05) is 5.32 Å². The third kappa shape index (κ3) is 3.19. The highest BCUT2D eigenvalue weighted by Crippen LogP contribution is 2.61. The van der Waals surface area contributed by atoms with Crippen molar-refractivity contribution >= 4 is 17.5 Å². The standard InChI is InChI=1S/C21H28N2O2/c1-13(21-10-15-6-16(11-21)8-17(7-15)12-21)22-20(25)18-4-3-5-19(9-18)23-14(2)24/h3-5,9,13,15-17H,6-8,10-12H2,1-2H3,(H,22,25)(H,23,24). The quantitative estimate of drug-likeness (QED) is 0.871. The van der Waals surface area contributed by atoms with Gasteiger partial charge < -0.3 is 10.6 Å². The molecule has 2 amide bonds. The van der Waals surface area contributed by atoms with Gasteiger partial charge in [0, 0.05) is 24.2 Å². The van der Waals surface area contributed by atoms with Crippen molar-refractivity contribution in [3.05, 3.63) is 29.8 Å². The van der Waals surface area contributed by atoms with Gasteiger partial charge in [-0.1, -0.05) is 6.07 Å². The van der Waals surface area contributed by atoms with Crippen LogP contribution in [0.5, 0.6) is 0 Å². The van der Waals surface area contributed by atoms with E-state index in [1.807, 2.05) is 12.1 Å². The predicted molar refractivity (Wildman–Crippen MR) is 98.3 cm³/mol. The second-order valence-electron chi connectivity index (χ2n) is 8.74. The molecule has 1 aromatic rings. The molecule has 0 spiro atoms. The van der Waals surface area contributed by atoms with E-state index in [1.54, 1.807) is 12.1 Å². The zero-order chi connectivity index (χ0) is 17.6. The maximum Gasteiger partial charge on any atom is 0.251 e. The van der Waals surface area contributed by atoms with Crippen molar-refractivity contribution in [2.45, 2.75) is 58.4 Å². The zero-order valence-electron chi connectivity index (χ0n) is 15.2. The summed E-state index contributed by atoms with van der Waals surface area (Å²) < 4.78 is 0. The number of hydrogen-bond acceptors (Lipinski definition) is 2. The Kier molecular flexibility index (Phi) is 4.09. The lowest BCUT2D eigenvalue weighted by molar-refractivity contribution is -0.114. The van der Waals surface area contributed by atoms with Crippen LogP contribution in [-0.2, 0) is 4.79 Å². The molecule has 4 fully saturated rings. The molecule has 5 rings (SSSR count). The Morgan fingerprint density at radius 3 is 2.24 bits per heavy atom. The van der Waals surface area contributed by atoms with Crippen LogP contribution in [0.4, 0.5) is 5.69 Å². The van der Waals surface area contributed by atoms with Gasteiger partial charge in [0.2, 0.25) is 5.91 Å². The summed E-state index contributed by atoms with van der Waals surface area (Å²) in [4.78, 5) is 24.0. The van der Waals surface area contributed by atoms with E-state index in [1.165, 1.54) is 45.4 Å². The van der Waals surface area contributed by atoms with Gasteiger partial charge in [-0.3, -0.25) is 9.59 Å². The van der Waals surface area contributed by atoms with Gasteiger partial charge in [0.05, 0.1) is 0 Å². The van der Waals surface area contributed by atoms with Crippen LogP contribution < -0.4 is 10.6 Å². The summed E-state index contributed by atoms with van der Waals surface area (Å²) in [6, 6.07) is 7.39. The van der Waals surface area contributed by atoms with Crippen LogP contribution in [-0.4, -0.2) is 17.9 Å².